The maximum atomic E-state index is 10.0. The first-order valence-electron chi connectivity index (χ1n) is 4.87. The van der Waals surface area contributed by atoms with Crippen LogP contribution in [-0.4, -0.2) is 22.4 Å². The largest absolute Gasteiger partial charge is 0.508 e. The van der Waals surface area contributed by atoms with Crippen molar-refractivity contribution in [3.05, 3.63) is 29.3 Å². The Bertz CT molecular complexity index is 351. The molecule has 3 heteroatoms. The van der Waals surface area contributed by atoms with Crippen molar-refractivity contribution in [2.75, 3.05) is 6.54 Å². The molecule has 0 radical (unpaired) electrons. The topological polar surface area (TPSA) is 66.5 Å². The number of benzene rings is 1. The van der Waals surface area contributed by atoms with Crippen LogP contribution >= 0.6 is 0 Å². The molecule has 0 spiro atoms. The minimum absolute atomic E-state index is 0.280. The minimum Gasteiger partial charge on any atom is -0.508 e. The van der Waals surface area contributed by atoms with Gasteiger partial charge in [-0.2, -0.15) is 0 Å². The fourth-order valence-electron chi connectivity index (χ4n) is 2.05. The van der Waals surface area contributed by atoms with Crippen LogP contribution < -0.4 is 5.73 Å². The molecule has 0 heterocycles. The molecule has 76 valence electrons. The van der Waals surface area contributed by atoms with Crippen LogP contribution in [0, 0.1) is 0 Å². The standard InChI is InChI=1S/C11H15NO2/c12-7-11(14)5-4-9-8(6-11)2-1-3-10(9)13/h1-3,13-14H,4-7,12H2. The molecule has 1 aliphatic carbocycles. The number of hydrogen-bond acceptors (Lipinski definition) is 3. The highest BCUT2D eigenvalue weighted by Crippen LogP contribution is 2.32. The number of hydrogen-bond donors (Lipinski definition) is 3. The zero-order valence-electron chi connectivity index (χ0n) is 8.03. The van der Waals surface area contributed by atoms with Gasteiger partial charge >= 0.3 is 0 Å². The summed E-state index contributed by atoms with van der Waals surface area (Å²) in [7, 11) is 0. The highest BCUT2D eigenvalue weighted by molar-refractivity contribution is 5.42. The average Bonchev–Trinajstić information content (AvgIpc) is 2.18. The van der Waals surface area contributed by atoms with E-state index in [9.17, 15) is 10.2 Å². The molecule has 0 bridgehead atoms. The van der Waals surface area contributed by atoms with Crippen molar-refractivity contribution < 1.29 is 10.2 Å². The molecule has 0 saturated heterocycles. The molecule has 0 saturated carbocycles. The monoisotopic (exact) mass is 193 g/mol. The molecule has 1 atom stereocenters. The second-order valence-electron chi connectivity index (χ2n) is 4.02. The number of phenolic OH excluding ortho intramolecular Hbond substituents is 1. The Morgan fingerprint density at radius 2 is 2.21 bits per heavy atom. The number of fused-ring (bicyclic) bond motifs is 1. The lowest BCUT2D eigenvalue weighted by molar-refractivity contribution is 0.0350. The molecule has 1 aromatic carbocycles. The van der Waals surface area contributed by atoms with Gasteiger partial charge in [-0.15, -0.1) is 0 Å². The molecule has 1 aliphatic rings. The molecule has 1 aromatic rings. The Morgan fingerprint density at radius 1 is 1.43 bits per heavy atom. The van der Waals surface area contributed by atoms with Crippen LogP contribution in [-0.2, 0) is 12.8 Å². The summed E-state index contributed by atoms with van der Waals surface area (Å²) >= 11 is 0. The zero-order valence-corrected chi connectivity index (χ0v) is 8.03. The van der Waals surface area contributed by atoms with Gasteiger partial charge in [0.2, 0.25) is 0 Å². The van der Waals surface area contributed by atoms with Crippen molar-refractivity contribution in [3.63, 3.8) is 0 Å². The molecule has 0 fully saturated rings. The van der Waals surface area contributed by atoms with Crippen molar-refractivity contribution in [1.82, 2.24) is 0 Å². The molecule has 2 rings (SSSR count). The number of aliphatic hydroxyl groups is 1. The second-order valence-corrected chi connectivity index (χ2v) is 4.02. The van der Waals surface area contributed by atoms with Crippen LogP contribution in [0.3, 0.4) is 0 Å². The van der Waals surface area contributed by atoms with Crippen LogP contribution in [0.5, 0.6) is 5.75 Å². The normalized spacial score (nSPS) is 25.9. The first-order chi connectivity index (χ1) is 6.64. The Kier molecular flexibility index (Phi) is 2.21. The maximum Gasteiger partial charge on any atom is 0.119 e. The molecule has 3 nitrogen and oxygen atoms in total. The lowest BCUT2D eigenvalue weighted by atomic mass is 9.80. The third-order valence-corrected chi connectivity index (χ3v) is 2.99. The smallest absolute Gasteiger partial charge is 0.119 e. The van der Waals surface area contributed by atoms with Crippen molar-refractivity contribution in [1.29, 1.82) is 0 Å². The van der Waals surface area contributed by atoms with Crippen molar-refractivity contribution in [2.24, 2.45) is 5.73 Å². The van der Waals surface area contributed by atoms with Gasteiger partial charge in [-0.25, -0.2) is 0 Å². The van der Waals surface area contributed by atoms with Gasteiger partial charge in [0.15, 0.2) is 0 Å². The summed E-state index contributed by atoms with van der Waals surface area (Å²) in [4.78, 5) is 0. The fraction of sp³-hybridized carbons (Fsp3) is 0.455. The number of rotatable bonds is 1. The lowest BCUT2D eigenvalue weighted by Gasteiger charge is -2.32. The van der Waals surface area contributed by atoms with E-state index in [-0.39, 0.29) is 6.54 Å². The zero-order chi connectivity index (χ0) is 10.2. The van der Waals surface area contributed by atoms with Gasteiger partial charge in [0.1, 0.15) is 5.75 Å². The predicted octanol–water partition coefficient (Wildman–Crippen LogP) is 0.571. The Balaban J connectivity index is 2.36. The van der Waals surface area contributed by atoms with Gasteiger partial charge in [0.25, 0.3) is 0 Å². The lowest BCUT2D eigenvalue weighted by Crippen LogP contribution is -2.42. The molecular weight excluding hydrogens is 178 g/mol. The van der Waals surface area contributed by atoms with Crippen molar-refractivity contribution in [2.45, 2.75) is 24.9 Å². The Labute approximate surface area is 83.2 Å². The van der Waals surface area contributed by atoms with Gasteiger partial charge in [0.05, 0.1) is 5.60 Å². The van der Waals surface area contributed by atoms with Crippen LogP contribution in [0.25, 0.3) is 0 Å². The summed E-state index contributed by atoms with van der Waals surface area (Å²) in [6.07, 6.45) is 1.89. The van der Waals surface area contributed by atoms with E-state index < -0.39 is 5.60 Å². The fourth-order valence-corrected chi connectivity index (χ4v) is 2.05. The van der Waals surface area contributed by atoms with E-state index in [1.165, 1.54) is 0 Å². The second kappa shape index (κ2) is 3.26. The third-order valence-electron chi connectivity index (χ3n) is 2.99. The highest BCUT2D eigenvalue weighted by Gasteiger charge is 2.31. The molecular formula is C11H15NO2. The number of aromatic hydroxyl groups is 1. The molecule has 0 aromatic heterocycles. The molecule has 0 amide bonds. The van der Waals surface area contributed by atoms with Gasteiger partial charge < -0.3 is 15.9 Å². The Morgan fingerprint density at radius 3 is 2.93 bits per heavy atom. The van der Waals surface area contributed by atoms with Gasteiger partial charge in [-0.3, -0.25) is 0 Å². The van der Waals surface area contributed by atoms with E-state index in [1.54, 1.807) is 12.1 Å². The van der Waals surface area contributed by atoms with E-state index in [0.717, 1.165) is 11.1 Å². The summed E-state index contributed by atoms with van der Waals surface area (Å²) in [6.45, 7) is 0.280. The van der Waals surface area contributed by atoms with E-state index in [2.05, 4.69) is 0 Å². The van der Waals surface area contributed by atoms with Crippen molar-refractivity contribution in [3.8, 4) is 5.75 Å². The van der Waals surface area contributed by atoms with Gasteiger partial charge in [-0.1, -0.05) is 12.1 Å². The molecule has 14 heavy (non-hydrogen) atoms. The van der Waals surface area contributed by atoms with Crippen LogP contribution in [0.4, 0.5) is 0 Å². The summed E-state index contributed by atoms with van der Waals surface area (Å²) in [6, 6.07) is 5.43. The van der Waals surface area contributed by atoms with E-state index >= 15 is 0 Å². The van der Waals surface area contributed by atoms with E-state index in [0.29, 0.717) is 25.0 Å². The van der Waals surface area contributed by atoms with Crippen LogP contribution in [0.1, 0.15) is 17.5 Å². The Hall–Kier alpha value is -1.06. The quantitative estimate of drug-likeness (QED) is 0.611. The maximum absolute atomic E-state index is 10.0. The highest BCUT2D eigenvalue weighted by atomic mass is 16.3. The summed E-state index contributed by atoms with van der Waals surface area (Å²) in [5.41, 5.74) is 6.72. The first-order valence-corrected chi connectivity index (χ1v) is 4.87. The van der Waals surface area contributed by atoms with E-state index in [4.69, 9.17) is 5.73 Å². The van der Waals surface area contributed by atoms with Gasteiger partial charge in [-0.05, 0) is 30.0 Å². The SMILES string of the molecule is NCC1(O)CCc2c(O)cccc2C1. The summed E-state index contributed by atoms with van der Waals surface area (Å²) in [5, 5.41) is 19.6. The van der Waals surface area contributed by atoms with E-state index in [1.807, 2.05) is 6.07 Å². The van der Waals surface area contributed by atoms with Crippen molar-refractivity contribution >= 4 is 0 Å². The minimum atomic E-state index is -0.777. The van der Waals surface area contributed by atoms with Crippen LogP contribution in [0.15, 0.2) is 18.2 Å². The van der Waals surface area contributed by atoms with Crippen LogP contribution in [0.2, 0.25) is 0 Å². The summed E-state index contributed by atoms with van der Waals surface area (Å²) < 4.78 is 0. The number of phenols is 1. The summed E-state index contributed by atoms with van der Waals surface area (Å²) in [5.74, 6) is 0.335. The number of nitrogens with two attached hydrogens (primary N) is 1. The average molecular weight is 193 g/mol. The molecule has 4 N–H and O–H groups in total. The van der Waals surface area contributed by atoms with Gasteiger partial charge in [0, 0.05) is 13.0 Å². The predicted molar refractivity (Wildman–Crippen MR) is 54.1 cm³/mol. The molecule has 0 aliphatic heterocycles. The third kappa shape index (κ3) is 1.49. The molecule has 1 unspecified atom stereocenters. The first kappa shape index (κ1) is 9.49.